The van der Waals surface area contributed by atoms with Crippen LogP contribution in [-0.2, 0) is 12.8 Å². The fourth-order valence-electron chi connectivity index (χ4n) is 3.69. The first-order valence-corrected chi connectivity index (χ1v) is 7.54. The second-order valence-corrected chi connectivity index (χ2v) is 5.81. The summed E-state index contributed by atoms with van der Waals surface area (Å²) in [7, 11) is 2.01. The highest BCUT2D eigenvalue weighted by Crippen LogP contribution is 2.37. The van der Waals surface area contributed by atoms with Crippen molar-refractivity contribution in [3.05, 3.63) is 70.7 Å². The fraction of sp³-hybridized carbons (Fsp3) is 0.263. The summed E-state index contributed by atoms with van der Waals surface area (Å²) < 4.78 is 5.50. The van der Waals surface area contributed by atoms with Crippen molar-refractivity contribution in [2.45, 2.75) is 25.8 Å². The summed E-state index contributed by atoms with van der Waals surface area (Å²) in [6, 6.07) is 13.5. The van der Waals surface area contributed by atoms with Crippen LogP contribution >= 0.6 is 0 Å². The molecule has 1 aromatic heterocycles. The van der Waals surface area contributed by atoms with Crippen LogP contribution in [0.1, 0.15) is 34.1 Å². The zero-order valence-corrected chi connectivity index (χ0v) is 12.4. The molecule has 2 aromatic carbocycles. The molecule has 1 aliphatic carbocycles. The van der Waals surface area contributed by atoms with Crippen molar-refractivity contribution in [3.8, 4) is 0 Å². The van der Waals surface area contributed by atoms with E-state index < -0.39 is 0 Å². The highest BCUT2D eigenvalue weighted by Gasteiger charge is 2.22. The summed E-state index contributed by atoms with van der Waals surface area (Å²) in [4.78, 5) is 0. The number of benzene rings is 2. The largest absolute Gasteiger partial charge is 0.469 e. The fourth-order valence-corrected chi connectivity index (χ4v) is 3.69. The molecule has 1 aliphatic rings. The van der Waals surface area contributed by atoms with E-state index >= 15 is 0 Å². The van der Waals surface area contributed by atoms with E-state index in [1.165, 1.54) is 45.9 Å². The maximum absolute atomic E-state index is 5.50. The molecule has 2 nitrogen and oxygen atoms in total. The molecule has 0 aliphatic heterocycles. The predicted molar refractivity (Wildman–Crippen MR) is 85.7 cm³/mol. The van der Waals surface area contributed by atoms with Crippen molar-refractivity contribution in [3.63, 3.8) is 0 Å². The molecular weight excluding hydrogens is 258 g/mol. The molecule has 0 bridgehead atoms. The summed E-state index contributed by atoms with van der Waals surface area (Å²) in [5.41, 5.74) is 5.53. The molecular formula is C19H19NO. The van der Waals surface area contributed by atoms with Gasteiger partial charge in [-0.15, -0.1) is 0 Å². The maximum Gasteiger partial charge on any atom is 0.105 e. The van der Waals surface area contributed by atoms with Crippen LogP contribution in [0.2, 0.25) is 0 Å². The quantitative estimate of drug-likeness (QED) is 0.778. The minimum atomic E-state index is 0.175. The average Bonchev–Trinajstić information content (AvgIpc) is 3.11. The van der Waals surface area contributed by atoms with Crippen molar-refractivity contribution in [1.29, 1.82) is 0 Å². The molecule has 3 aromatic rings. The van der Waals surface area contributed by atoms with E-state index in [4.69, 9.17) is 4.42 Å². The third kappa shape index (κ3) is 1.83. The predicted octanol–water partition coefficient (Wildman–Crippen LogP) is 4.15. The van der Waals surface area contributed by atoms with Gasteiger partial charge in [-0.3, -0.25) is 0 Å². The molecule has 1 heterocycles. The van der Waals surface area contributed by atoms with Gasteiger partial charge in [-0.2, -0.15) is 0 Å². The van der Waals surface area contributed by atoms with Gasteiger partial charge in [0.1, 0.15) is 5.76 Å². The van der Waals surface area contributed by atoms with Crippen molar-refractivity contribution in [2.75, 3.05) is 7.05 Å². The number of hydrogen-bond donors (Lipinski definition) is 1. The molecule has 4 rings (SSSR count). The van der Waals surface area contributed by atoms with E-state index in [1.807, 2.05) is 14.0 Å². The topological polar surface area (TPSA) is 25.2 Å². The van der Waals surface area contributed by atoms with Crippen LogP contribution in [-0.4, -0.2) is 7.05 Å². The van der Waals surface area contributed by atoms with E-state index in [0.29, 0.717) is 0 Å². The monoisotopic (exact) mass is 277 g/mol. The second kappa shape index (κ2) is 4.74. The molecule has 0 saturated heterocycles. The van der Waals surface area contributed by atoms with Gasteiger partial charge in [0.2, 0.25) is 0 Å². The van der Waals surface area contributed by atoms with E-state index in [-0.39, 0.29) is 6.04 Å². The molecule has 1 N–H and O–H groups in total. The Bertz CT molecular complexity index is 805. The van der Waals surface area contributed by atoms with Gasteiger partial charge in [-0.25, -0.2) is 0 Å². The van der Waals surface area contributed by atoms with Gasteiger partial charge in [-0.05, 0) is 60.3 Å². The first-order chi connectivity index (χ1) is 10.3. The number of furan rings is 1. The summed E-state index contributed by atoms with van der Waals surface area (Å²) >= 11 is 0. The molecule has 21 heavy (non-hydrogen) atoms. The Hall–Kier alpha value is -2.06. The third-order valence-corrected chi connectivity index (χ3v) is 4.72. The van der Waals surface area contributed by atoms with Gasteiger partial charge in [0.05, 0.1) is 12.3 Å². The van der Waals surface area contributed by atoms with Gasteiger partial charge < -0.3 is 9.73 Å². The van der Waals surface area contributed by atoms with E-state index in [2.05, 4.69) is 41.7 Å². The highest BCUT2D eigenvalue weighted by molar-refractivity contribution is 5.93. The Balaban J connectivity index is 1.97. The Morgan fingerprint density at radius 2 is 1.81 bits per heavy atom. The van der Waals surface area contributed by atoms with Gasteiger partial charge in [0, 0.05) is 5.56 Å². The minimum absolute atomic E-state index is 0.175. The minimum Gasteiger partial charge on any atom is -0.469 e. The first-order valence-electron chi connectivity index (χ1n) is 7.54. The SMILES string of the molecule is CNC(c1ccoc1C)c1ccc2c3c(cccc13)CC2. The number of rotatable bonds is 3. The average molecular weight is 277 g/mol. The zero-order chi connectivity index (χ0) is 14.4. The number of hydrogen-bond acceptors (Lipinski definition) is 2. The second-order valence-electron chi connectivity index (χ2n) is 5.81. The normalized spacial score (nSPS) is 14.8. The number of aryl methyl sites for hydroxylation is 3. The van der Waals surface area contributed by atoms with Crippen LogP contribution in [0.25, 0.3) is 10.8 Å². The Labute approximate surface area is 124 Å². The zero-order valence-electron chi connectivity index (χ0n) is 12.4. The Morgan fingerprint density at radius 1 is 1.00 bits per heavy atom. The first kappa shape index (κ1) is 12.7. The Morgan fingerprint density at radius 3 is 2.52 bits per heavy atom. The van der Waals surface area contributed by atoms with Gasteiger partial charge in [-0.1, -0.05) is 30.3 Å². The van der Waals surface area contributed by atoms with Crippen molar-refractivity contribution < 1.29 is 4.42 Å². The van der Waals surface area contributed by atoms with Gasteiger partial charge >= 0.3 is 0 Å². The third-order valence-electron chi connectivity index (χ3n) is 4.72. The lowest BCUT2D eigenvalue weighted by Gasteiger charge is -2.19. The van der Waals surface area contributed by atoms with Crippen LogP contribution in [0.3, 0.4) is 0 Å². The molecule has 1 unspecified atom stereocenters. The van der Waals surface area contributed by atoms with Gasteiger partial charge in [0.15, 0.2) is 0 Å². The van der Waals surface area contributed by atoms with E-state index in [1.54, 1.807) is 6.26 Å². The lowest BCUT2D eigenvalue weighted by atomic mass is 9.92. The van der Waals surface area contributed by atoms with E-state index in [0.717, 1.165) is 5.76 Å². The van der Waals surface area contributed by atoms with Crippen LogP contribution in [0.15, 0.2) is 47.1 Å². The summed E-state index contributed by atoms with van der Waals surface area (Å²) in [6.45, 7) is 2.03. The summed E-state index contributed by atoms with van der Waals surface area (Å²) in [5, 5.41) is 6.30. The maximum atomic E-state index is 5.50. The molecule has 0 radical (unpaired) electrons. The van der Waals surface area contributed by atoms with Crippen LogP contribution in [0, 0.1) is 6.92 Å². The van der Waals surface area contributed by atoms with Crippen LogP contribution in [0.4, 0.5) is 0 Å². The van der Waals surface area contributed by atoms with Crippen LogP contribution in [0.5, 0.6) is 0 Å². The van der Waals surface area contributed by atoms with Crippen LogP contribution < -0.4 is 5.32 Å². The van der Waals surface area contributed by atoms with Crippen molar-refractivity contribution >= 4 is 10.8 Å². The Kier molecular flexibility index (Phi) is 2.86. The van der Waals surface area contributed by atoms with Gasteiger partial charge in [0.25, 0.3) is 0 Å². The van der Waals surface area contributed by atoms with Crippen molar-refractivity contribution in [1.82, 2.24) is 5.32 Å². The van der Waals surface area contributed by atoms with E-state index in [9.17, 15) is 0 Å². The lowest BCUT2D eigenvalue weighted by molar-refractivity contribution is 0.523. The molecule has 1 atom stereocenters. The summed E-state index contributed by atoms with van der Waals surface area (Å²) in [5.74, 6) is 0.984. The highest BCUT2D eigenvalue weighted by atomic mass is 16.3. The molecule has 0 amide bonds. The molecule has 106 valence electrons. The molecule has 2 heteroatoms. The molecule has 0 spiro atoms. The lowest BCUT2D eigenvalue weighted by Crippen LogP contribution is -2.18. The molecule has 0 fully saturated rings. The van der Waals surface area contributed by atoms with Crippen molar-refractivity contribution in [2.24, 2.45) is 0 Å². The number of nitrogens with one attached hydrogen (secondary N) is 1. The molecule has 0 saturated carbocycles. The smallest absolute Gasteiger partial charge is 0.105 e. The standard InChI is InChI=1S/C19H19NO/c1-12-15(10-11-21-12)19(20-2)17-9-8-14-7-6-13-4-3-5-16(17)18(13)14/h3-5,8-11,19-20H,6-7H2,1-2H3. The summed E-state index contributed by atoms with van der Waals surface area (Å²) in [6.07, 6.45) is 4.12.